The van der Waals surface area contributed by atoms with Crippen molar-refractivity contribution in [2.45, 2.75) is 26.9 Å². The highest BCUT2D eigenvalue weighted by molar-refractivity contribution is 7.39. The number of ether oxygens (including phenoxy) is 1. The summed E-state index contributed by atoms with van der Waals surface area (Å²) in [4.78, 5) is 21.8. The minimum Gasteiger partial charge on any atom is -0.786 e. The van der Waals surface area contributed by atoms with Crippen LogP contribution < -0.4 is 4.89 Å². The number of hydrogen-bond acceptors (Lipinski definition) is 5. The Bertz CT molecular complexity index is 152. The van der Waals surface area contributed by atoms with E-state index in [1.165, 1.54) is 6.92 Å². The fraction of sp³-hybridized carbons (Fsp3) is 0.857. The molecule has 0 amide bonds. The summed E-state index contributed by atoms with van der Waals surface area (Å²) >= 11 is 0. The molecular formula is C7H14O5P-. The van der Waals surface area contributed by atoms with Gasteiger partial charge in [-0.25, -0.2) is 4.79 Å². The van der Waals surface area contributed by atoms with E-state index < -0.39 is 20.7 Å². The van der Waals surface area contributed by atoms with Gasteiger partial charge in [-0.05, 0) is 20.8 Å². The molecule has 2 unspecified atom stereocenters. The maximum atomic E-state index is 11.0. The SMILES string of the molecule is CCOC(=O)C(C)OP([O-])OCC. The van der Waals surface area contributed by atoms with Gasteiger partial charge < -0.3 is 18.7 Å². The van der Waals surface area contributed by atoms with E-state index in [-0.39, 0.29) is 13.2 Å². The molecule has 13 heavy (non-hydrogen) atoms. The Kier molecular flexibility index (Phi) is 7.09. The second kappa shape index (κ2) is 7.21. The van der Waals surface area contributed by atoms with E-state index in [9.17, 15) is 9.69 Å². The van der Waals surface area contributed by atoms with E-state index in [4.69, 9.17) is 4.52 Å². The molecule has 0 aromatic carbocycles. The fourth-order valence-electron chi connectivity index (χ4n) is 0.568. The second-order valence-corrected chi connectivity index (χ2v) is 3.06. The molecule has 0 aliphatic carbocycles. The van der Waals surface area contributed by atoms with E-state index in [1.807, 2.05) is 0 Å². The average Bonchev–Trinajstić information content (AvgIpc) is 2.05. The molecule has 0 radical (unpaired) electrons. The number of hydrogen-bond donors (Lipinski definition) is 0. The van der Waals surface area contributed by atoms with Crippen molar-refractivity contribution in [2.75, 3.05) is 13.2 Å². The zero-order valence-corrected chi connectivity index (χ0v) is 8.87. The van der Waals surface area contributed by atoms with Crippen LogP contribution in [0.1, 0.15) is 20.8 Å². The van der Waals surface area contributed by atoms with E-state index >= 15 is 0 Å². The number of rotatable bonds is 6. The topological polar surface area (TPSA) is 67.8 Å². The summed E-state index contributed by atoms with van der Waals surface area (Å²) in [6, 6.07) is 0. The molecule has 0 saturated carbocycles. The Morgan fingerprint density at radius 3 is 2.54 bits per heavy atom. The largest absolute Gasteiger partial charge is 0.786 e. The lowest BCUT2D eigenvalue weighted by atomic mass is 10.4. The molecule has 0 N–H and O–H groups in total. The first kappa shape index (κ1) is 12.8. The molecule has 6 heteroatoms. The standard InChI is InChI=1S/C7H14O5P/c1-4-10-7(8)6(3)12-13(9)11-5-2/h6H,4-5H2,1-3H3/q-1. The third-order valence-corrected chi connectivity index (χ3v) is 2.05. The third kappa shape index (κ3) is 5.93. The number of esters is 1. The summed E-state index contributed by atoms with van der Waals surface area (Å²) in [5, 5.41) is 0. The quantitative estimate of drug-likeness (QED) is 0.472. The van der Waals surface area contributed by atoms with Crippen molar-refractivity contribution >= 4 is 14.6 Å². The lowest BCUT2D eigenvalue weighted by Gasteiger charge is -2.24. The Balaban J connectivity index is 3.71. The van der Waals surface area contributed by atoms with Crippen molar-refractivity contribution in [2.24, 2.45) is 0 Å². The predicted molar refractivity (Wildman–Crippen MR) is 45.7 cm³/mol. The molecule has 0 aliphatic rings. The van der Waals surface area contributed by atoms with Gasteiger partial charge in [-0.2, -0.15) is 0 Å². The van der Waals surface area contributed by atoms with Crippen molar-refractivity contribution < 1.29 is 23.5 Å². The highest BCUT2D eigenvalue weighted by Gasteiger charge is 2.15. The predicted octanol–water partition coefficient (Wildman–Crippen LogP) is 0.578. The molecule has 0 saturated heterocycles. The van der Waals surface area contributed by atoms with Gasteiger partial charge in [-0.15, -0.1) is 0 Å². The van der Waals surface area contributed by atoms with E-state index in [0.29, 0.717) is 0 Å². The Morgan fingerprint density at radius 2 is 2.08 bits per heavy atom. The van der Waals surface area contributed by atoms with Gasteiger partial charge in [0.15, 0.2) is 6.10 Å². The van der Waals surface area contributed by atoms with Gasteiger partial charge in [-0.1, -0.05) is 0 Å². The Labute approximate surface area is 79.0 Å². The van der Waals surface area contributed by atoms with Gasteiger partial charge in [0.1, 0.15) is 0 Å². The van der Waals surface area contributed by atoms with Crippen LogP contribution in [0.4, 0.5) is 0 Å². The lowest BCUT2D eigenvalue weighted by Crippen LogP contribution is -2.23. The van der Waals surface area contributed by atoms with Crippen LogP contribution >= 0.6 is 8.60 Å². The minimum absolute atomic E-state index is 0.276. The van der Waals surface area contributed by atoms with Crippen LogP contribution in [-0.2, 0) is 18.6 Å². The highest BCUT2D eigenvalue weighted by Crippen LogP contribution is 2.29. The smallest absolute Gasteiger partial charge is 0.335 e. The first-order valence-corrected chi connectivity index (χ1v) is 5.14. The molecule has 0 aliphatic heterocycles. The van der Waals surface area contributed by atoms with Gasteiger partial charge in [0, 0.05) is 6.61 Å². The number of carbonyl (C=O) groups excluding carboxylic acids is 1. The molecule has 2 atom stereocenters. The van der Waals surface area contributed by atoms with Crippen LogP contribution in [0.3, 0.4) is 0 Å². The Morgan fingerprint density at radius 1 is 1.46 bits per heavy atom. The summed E-state index contributed by atoms with van der Waals surface area (Å²) < 4.78 is 14.0. The molecule has 0 fully saturated rings. The van der Waals surface area contributed by atoms with Crippen LogP contribution in [0, 0.1) is 0 Å². The van der Waals surface area contributed by atoms with Crippen LogP contribution in [0.5, 0.6) is 0 Å². The lowest BCUT2D eigenvalue weighted by molar-refractivity contribution is -0.209. The molecule has 78 valence electrons. The second-order valence-electron chi connectivity index (χ2n) is 2.14. The summed E-state index contributed by atoms with van der Waals surface area (Å²) in [7, 11) is -2.21. The molecule has 0 aromatic heterocycles. The van der Waals surface area contributed by atoms with Gasteiger partial charge >= 0.3 is 5.97 Å². The van der Waals surface area contributed by atoms with Crippen molar-refractivity contribution in [3.63, 3.8) is 0 Å². The summed E-state index contributed by atoms with van der Waals surface area (Å²) in [6.45, 7) is 5.39. The van der Waals surface area contributed by atoms with Crippen molar-refractivity contribution in [1.82, 2.24) is 0 Å². The summed E-state index contributed by atoms with van der Waals surface area (Å²) in [6.07, 6.45) is -0.852. The van der Waals surface area contributed by atoms with Gasteiger partial charge in [0.2, 0.25) is 0 Å². The minimum atomic E-state index is -2.21. The molecular weight excluding hydrogens is 195 g/mol. The van der Waals surface area contributed by atoms with Crippen LogP contribution in [-0.4, -0.2) is 25.3 Å². The average molecular weight is 209 g/mol. The van der Waals surface area contributed by atoms with Crippen molar-refractivity contribution in [3.8, 4) is 0 Å². The zero-order chi connectivity index (χ0) is 10.3. The van der Waals surface area contributed by atoms with Gasteiger partial charge in [0.25, 0.3) is 0 Å². The number of carbonyl (C=O) groups is 1. The monoisotopic (exact) mass is 209 g/mol. The fourth-order valence-corrected chi connectivity index (χ4v) is 1.18. The molecule has 0 aromatic rings. The molecule has 0 rings (SSSR count). The molecule has 0 spiro atoms. The van der Waals surface area contributed by atoms with Crippen molar-refractivity contribution in [1.29, 1.82) is 0 Å². The van der Waals surface area contributed by atoms with Crippen LogP contribution in [0.15, 0.2) is 0 Å². The van der Waals surface area contributed by atoms with Crippen LogP contribution in [0.25, 0.3) is 0 Å². The zero-order valence-electron chi connectivity index (χ0n) is 7.98. The van der Waals surface area contributed by atoms with Crippen molar-refractivity contribution in [3.05, 3.63) is 0 Å². The van der Waals surface area contributed by atoms with E-state index in [2.05, 4.69) is 9.26 Å². The first-order chi connectivity index (χ1) is 6.11. The summed E-state index contributed by atoms with van der Waals surface area (Å²) in [5.74, 6) is -0.537. The van der Waals surface area contributed by atoms with E-state index in [0.717, 1.165) is 0 Å². The molecule has 0 bridgehead atoms. The van der Waals surface area contributed by atoms with E-state index in [1.54, 1.807) is 13.8 Å². The molecule has 0 heterocycles. The van der Waals surface area contributed by atoms with Gasteiger partial charge in [-0.3, -0.25) is 0 Å². The molecule has 5 nitrogen and oxygen atoms in total. The first-order valence-electron chi connectivity index (χ1n) is 4.05. The normalized spacial score (nSPS) is 15.1. The van der Waals surface area contributed by atoms with Crippen LogP contribution in [0.2, 0.25) is 0 Å². The Hall–Kier alpha value is -0.220. The maximum absolute atomic E-state index is 11.0. The van der Waals surface area contributed by atoms with Gasteiger partial charge in [0.05, 0.1) is 15.2 Å². The highest BCUT2D eigenvalue weighted by atomic mass is 31.2. The summed E-state index contributed by atoms with van der Waals surface area (Å²) in [5.41, 5.74) is 0. The maximum Gasteiger partial charge on any atom is 0.335 e. The third-order valence-electron chi connectivity index (χ3n) is 1.10.